The van der Waals surface area contributed by atoms with Crippen LogP contribution in [0.1, 0.15) is 199 Å². The third-order valence-corrected chi connectivity index (χ3v) is 25.8. The standard InChI is InChI=1S/2C22H22N2O2.2C21H22N4O2.C21H21N3O2/c2*1-22(2)11-10-20-23-18-12-15(8-9-17(18)21(26)24(20)14-22)13-19(25)16-6-4-3-5-7-16;1-21(2)10-9-18-23-16-12-14(7-8-15(16)20(27)25(18)13-21)19(26)24(3)17-6-4-5-11-22-17;1-21(2)10-9-18-23-17-12-14(7-8-15(17)19(26)25(18)13-21)24(3)20(27)16-6-4-5-11-22-16;1-21(2)9-8-19-23-17-11-14(6-7-15(17)20(26)24(19)13-21)12-18(25)16-5-3-4-10-22-16/h2*3-9,12H,10-11,13-14H2,1-2H3;2*4-8,11-12H,9-10,13H2,1-3H3;3-7,10-11H,8-9,12-13H2,1-2H3. The molecule has 132 heavy (non-hydrogen) atoms. The number of benzene rings is 7. The number of pyridine rings is 3. The van der Waals surface area contributed by atoms with Crippen LogP contribution in [0.4, 0.5) is 11.5 Å². The van der Waals surface area contributed by atoms with Crippen molar-refractivity contribution in [1.29, 1.82) is 0 Å². The Hall–Kier alpha value is -14.4. The Morgan fingerprint density at radius 2 is 0.598 bits per heavy atom. The Bertz CT molecular complexity index is 6940. The quantitative estimate of drug-likeness (QED) is 0.0968. The van der Waals surface area contributed by atoms with Crippen molar-refractivity contribution in [2.75, 3.05) is 23.9 Å². The third-order valence-electron chi connectivity index (χ3n) is 25.8. The predicted octanol–water partition coefficient (Wildman–Crippen LogP) is 16.9. The molecule has 2 amide bonds. The van der Waals surface area contributed by atoms with Crippen LogP contribution in [-0.2, 0) is 84.1 Å². The smallest absolute Gasteiger partial charge is 0.276 e. The monoisotopic (exact) mass is 1760 g/mol. The second-order valence-electron chi connectivity index (χ2n) is 39.3. The van der Waals surface area contributed by atoms with E-state index in [-0.39, 0.29) is 90.5 Å². The molecule has 15 aromatic rings. The van der Waals surface area contributed by atoms with Crippen molar-refractivity contribution in [2.45, 2.75) is 185 Å². The molecule has 0 bridgehead atoms. The first kappa shape index (κ1) is 91.0. The number of aromatic nitrogens is 13. The lowest BCUT2D eigenvalue weighted by Crippen LogP contribution is -2.36. The summed E-state index contributed by atoms with van der Waals surface area (Å²) in [5.74, 6) is 4.46. The van der Waals surface area contributed by atoms with Crippen LogP contribution < -0.4 is 37.6 Å². The van der Waals surface area contributed by atoms with E-state index in [1.165, 1.54) is 9.80 Å². The third kappa shape index (κ3) is 20.3. The van der Waals surface area contributed by atoms with Crippen molar-refractivity contribution < 1.29 is 24.0 Å². The van der Waals surface area contributed by atoms with Crippen molar-refractivity contribution in [3.63, 3.8) is 0 Å². The molecule has 13 heterocycles. The maximum absolute atomic E-state index is 12.9. The van der Waals surface area contributed by atoms with Crippen molar-refractivity contribution in [3.05, 3.63) is 351 Å². The molecule has 8 aromatic heterocycles. The zero-order valence-corrected chi connectivity index (χ0v) is 76.9. The van der Waals surface area contributed by atoms with Gasteiger partial charge < -0.3 is 4.90 Å². The molecule has 672 valence electrons. The number of hydrogen-bond acceptors (Lipinski definition) is 18. The van der Waals surface area contributed by atoms with Crippen LogP contribution in [0.5, 0.6) is 0 Å². The number of anilines is 2. The van der Waals surface area contributed by atoms with Gasteiger partial charge in [-0.2, -0.15) is 0 Å². The Balaban J connectivity index is 0.000000120. The van der Waals surface area contributed by atoms with Crippen LogP contribution in [0, 0.1) is 27.1 Å². The lowest BCUT2D eigenvalue weighted by Gasteiger charge is -2.32. The molecule has 0 spiro atoms. The lowest BCUT2D eigenvalue weighted by atomic mass is 9.85. The van der Waals surface area contributed by atoms with Crippen LogP contribution in [0.2, 0.25) is 0 Å². The highest BCUT2D eigenvalue weighted by atomic mass is 16.2. The summed E-state index contributed by atoms with van der Waals surface area (Å²) in [5, 5.41) is 3.00. The van der Waals surface area contributed by atoms with Gasteiger partial charge in [-0.05, 0) is 185 Å². The summed E-state index contributed by atoms with van der Waals surface area (Å²) in [6, 6.07) is 61.6. The Labute approximate surface area is 764 Å². The van der Waals surface area contributed by atoms with Gasteiger partial charge in [0.25, 0.3) is 39.6 Å². The fourth-order valence-electron chi connectivity index (χ4n) is 17.9. The van der Waals surface area contributed by atoms with Crippen LogP contribution >= 0.6 is 0 Å². The number of nitrogens with zero attached hydrogens (tertiary/aromatic N) is 15. The number of rotatable bonds is 13. The minimum Gasteiger partial charge on any atom is -0.310 e. The number of hydrogen-bond donors (Lipinski definition) is 0. The average Bonchev–Trinajstić information content (AvgIpc) is 0.793. The van der Waals surface area contributed by atoms with Gasteiger partial charge in [-0.3, -0.25) is 85.6 Å². The molecule has 5 aliphatic rings. The Morgan fingerprint density at radius 1 is 0.295 bits per heavy atom. The van der Waals surface area contributed by atoms with E-state index in [1.807, 2.05) is 129 Å². The molecule has 0 saturated carbocycles. The zero-order valence-electron chi connectivity index (χ0n) is 76.9. The maximum atomic E-state index is 12.9. The van der Waals surface area contributed by atoms with E-state index < -0.39 is 0 Å². The number of amides is 2. The molecule has 25 nitrogen and oxygen atoms in total. The molecule has 25 heteroatoms. The summed E-state index contributed by atoms with van der Waals surface area (Å²) in [6.07, 6.45) is 14.8. The van der Waals surface area contributed by atoms with E-state index in [0.717, 1.165) is 110 Å². The van der Waals surface area contributed by atoms with Gasteiger partial charge in [0, 0.05) is 139 Å². The largest absolute Gasteiger partial charge is 0.310 e. The SMILES string of the molecule is CC1(C)CCc2nc3cc(CC(=O)c4ccccc4)ccc3c(=O)n2C1.CC1(C)CCc2nc3cc(CC(=O)c4ccccc4)ccc3c(=O)n2C1.CC1(C)CCc2nc3cc(CC(=O)c4ccccn4)ccc3c(=O)n2C1.CN(C(=O)c1ccc2c(=O)n3c(nc2c1)CCC(C)(C)C3)c1ccccn1.CN(C(=O)c1ccccn1)c1ccc2c(=O)n3c(nc2c1)CCC(C)(C)C3. The highest BCUT2D eigenvalue weighted by Crippen LogP contribution is 2.36. The van der Waals surface area contributed by atoms with E-state index in [4.69, 9.17) is 24.9 Å². The van der Waals surface area contributed by atoms with Gasteiger partial charge in [0.1, 0.15) is 46.3 Å². The normalized spacial score (nSPS) is 15.5. The molecule has 7 aromatic carbocycles. The van der Waals surface area contributed by atoms with E-state index in [2.05, 4.69) is 84.2 Å². The second kappa shape index (κ2) is 37.2. The molecule has 5 aliphatic heterocycles. The van der Waals surface area contributed by atoms with Gasteiger partial charge in [-0.1, -0.05) is 166 Å². The highest BCUT2D eigenvalue weighted by Gasteiger charge is 2.34. The summed E-state index contributed by atoms with van der Waals surface area (Å²) >= 11 is 0. The second-order valence-corrected chi connectivity index (χ2v) is 39.3. The van der Waals surface area contributed by atoms with Gasteiger partial charge in [-0.25, -0.2) is 29.9 Å². The molecule has 0 unspecified atom stereocenters. The summed E-state index contributed by atoms with van der Waals surface area (Å²) in [5.41, 5.74) is 9.87. The first-order valence-corrected chi connectivity index (χ1v) is 45.1. The molecule has 0 fully saturated rings. The molecular formula is C107H109N15O10. The Kier molecular flexibility index (Phi) is 25.7. The van der Waals surface area contributed by atoms with Crippen molar-refractivity contribution >= 4 is 95.2 Å². The molecule has 0 aliphatic carbocycles. The van der Waals surface area contributed by atoms with Crippen molar-refractivity contribution in [2.24, 2.45) is 27.1 Å². The van der Waals surface area contributed by atoms with Gasteiger partial charge in [0.15, 0.2) is 17.3 Å². The lowest BCUT2D eigenvalue weighted by molar-refractivity contribution is 0.0980. The maximum Gasteiger partial charge on any atom is 0.276 e. The van der Waals surface area contributed by atoms with Crippen LogP contribution in [0.15, 0.2) is 249 Å². The molecule has 0 atom stereocenters. The predicted molar refractivity (Wildman–Crippen MR) is 516 cm³/mol. The molecular weight excluding hydrogens is 1660 g/mol. The minimum atomic E-state index is -0.202. The number of carbonyl (C=O) groups excluding carboxylic acids is 5. The minimum absolute atomic E-state index is 0.00645. The van der Waals surface area contributed by atoms with E-state index >= 15 is 0 Å². The number of ketones is 3. The number of aryl methyl sites for hydroxylation is 5. The number of carbonyl (C=O) groups is 5. The topological polar surface area (TPSA) is 305 Å². The summed E-state index contributed by atoms with van der Waals surface area (Å²) in [4.78, 5) is 166. The van der Waals surface area contributed by atoms with Gasteiger partial charge in [-0.15, -0.1) is 0 Å². The van der Waals surface area contributed by atoms with Gasteiger partial charge in [0.05, 0.1) is 54.5 Å². The molecule has 0 radical (unpaired) electrons. The van der Waals surface area contributed by atoms with Gasteiger partial charge in [0.2, 0.25) is 0 Å². The first-order valence-electron chi connectivity index (χ1n) is 45.1. The van der Waals surface area contributed by atoms with Gasteiger partial charge >= 0.3 is 0 Å². The van der Waals surface area contributed by atoms with Crippen LogP contribution in [0.25, 0.3) is 54.5 Å². The summed E-state index contributed by atoms with van der Waals surface area (Å²) in [7, 11) is 3.39. The van der Waals surface area contributed by atoms with Crippen LogP contribution in [0.3, 0.4) is 0 Å². The highest BCUT2D eigenvalue weighted by molar-refractivity contribution is 6.07. The zero-order chi connectivity index (χ0) is 93.3. The van der Waals surface area contributed by atoms with Crippen molar-refractivity contribution in [1.82, 2.24) is 62.7 Å². The molecule has 20 rings (SSSR count). The van der Waals surface area contributed by atoms with Crippen molar-refractivity contribution in [3.8, 4) is 0 Å². The fourth-order valence-corrected chi connectivity index (χ4v) is 17.9. The summed E-state index contributed by atoms with van der Waals surface area (Å²) < 4.78 is 9.04. The van der Waals surface area contributed by atoms with E-state index in [1.54, 1.807) is 133 Å². The fraction of sp³-hybridized carbons (Fsp3) is 0.327. The van der Waals surface area contributed by atoms with Crippen LogP contribution in [-0.4, -0.2) is 106 Å². The number of fused-ring (bicyclic) bond motifs is 10. The molecule has 0 N–H and O–H groups in total. The summed E-state index contributed by atoms with van der Waals surface area (Å²) in [6.45, 7) is 25.3. The molecule has 0 saturated heterocycles. The Morgan fingerprint density at radius 3 is 0.939 bits per heavy atom. The first-order chi connectivity index (χ1) is 63.0. The number of Topliss-reactive ketones (excluding diaryl/α,β-unsaturated/α-hetero) is 3. The van der Waals surface area contributed by atoms with E-state index in [0.29, 0.717) is 140 Å². The van der Waals surface area contributed by atoms with E-state index in [9.17, 15) is 47.9 Å². The average molecular weight is 1770 g/mol.